The van der Waals surface area contributed by atoms with Crippen molar-refractivity contribution in [1.82, 2.24) is 0 Å². The van der Waals surface area contributed by atoms with Gasteiger partial charge in [0.15, 0.2) is 0 Å². The fourth-order valence-corrected chi connectivity index (χ4v) is 3.73. The van der Waals surface area contributed by atoms with Gasteiger partial charge in [-0.15, -0.1) is 0 Å². The number of hydrogen-bond donors (Lipinski definition) is 0. The highest BCUT2D eigenvalue weighted by Gasteiger charge is 2.38. The van der Waals surface area contributed by atoms with Crippen LogP contribution >= 0.6 is 0 Å². The van der Waals surface area contributed by atoms with Crippen LogP contribution in [0.4, 0.5) is 13.2 Å². The Hall–Kier alpha value is -6.11. The Morgan fingerprint density at radius 2 is 1.04 bits per heavy atom. The molecule has 10 nitrogen and oxygen atoms in total. The van der Waals surface area contributed by atoms with Crippen LogP contribution in [0.15, 0.2) is 97.1 Å². The van der Waals surface area contributed by atoms with E-state index in [1.165, 1.54) is 38.1 Å². The number of carbonyl (C=O) groups is 4. The Kier molecular flexibility index (Phi) is 13.1. The number of halogens is 3. The van der Waals surface area contributed by atoms with Crippen molar-refractivity contribution in [3.8, 4) is 23.0 Å². The second-order valence-electron chi connectivity index (χ2n) is 10.2. The summed E-state index contributed by atoms with van der Waals surface area (Å²) in [6.07, 6.45) is -0.304. The average Bonchev–Trinajstić information content (AvgIpc) is 3.04. The summed E-state index contributed by atoms with van der Waals surface area (Å²) in [7, 11) is 0. The van der Waals surface area contributed by atoms with Gasteiger partial charge in [-0.1, -0.05) is 37.4 Å². The van der Waals surface area contributed by atoms with Crippen LogP contribution in [0.3, 0.4) is 0 Å². The second-order valence-corrected chi connectivity index (χ2v) is 10.2. The lowest BCUT2D eigenvalue weighted by atomic mass is 10.1. The molecule has 0 aliphatic heterocycles. The van der Waals surface area contributed by atoms with Crippen molar-refractivity contribution >= 4 is 36.0 Å². The summed E-state index contributed by atoms with van der Waals surface area (Å²) in [5.41, 5.74) is -0.288. The molecule has 3 aromatic rings. The van der Waals surface area contributed by atoms with Gasteiger partial charge in [0.25, 0.3) is 0 Å². The Bertz CT molecular complexity index is 1770. The van der Waals surface area contributed by atoms with Gasteiger partial charge < -0.3 is 28.4 Å². The highest BCUT2D eigenvalue weighted by atomic mass is 19.4. The van der Waals surface area contributed by atoms with Crippen molar-refractivity contribution in [3.63, 3.8) is 0 Å². The quantitative estimate of drug-likeness (QED) is 0.0750. The zero-order valence-corrected chi connectivity index (χ0v) is 26.6. The molecule has 3 rings (SSSR count). The van der Waals surface area contributed by atoms with Crippen LogP contribution in [0.25, 0.3) is 12.2 Å². The smallest absolute Gasteiger partial charge is 0.420 e. The summed E-state index contributed by atoms with van der Waals surface area (Å²) in [4.78, 5) is 47.6. The van der Waals surface area contributed by atoms with E-state index in [9.17, 15) is 32.3 Å². The number of rotatable bonds is 14. The summed E-state index contributed by atoms with van der Waals surface area (Å²) in [6, 6.07) is 14.4. The topological polar surface area (TPSA) is 124 Å². The highest BCUT2D eigenvalue weighted by molar-refractivity contribution is 5.90. The van der Waals surface area contributed by atoms with Crippen LogP contribution in [0.1, 0.15) is 36.1 Å². The third kappa shape index (κ3) is 11.9. The molecule has 0 saturated carbocycles. The fourth-order valence-electron chi connectivity index (χ4n) is 3.73. The van der Waals surface area contributed by atoms with E-state index >= 15 is 0 Å². The lowest BCUT2D eigenvalue weighted by Crippen LogP contribution is -2.15. The average molecular weight is 681 g/mol. The maximum absolute atomic E-state index is 14.0. The van der Waals surface area contributed by atoms with Gasteiger partial charge >= 0.3 is 30.1 Å². The first-order chi connectivity index (χ1) is 23.1. The summed E-state index contributed by atoms with van der Waals surface area (Å²) in [6.45, 7) is 10.3. The maximum Gasteiger partial charge on any atom is 0.420 e. The predicted octanol–water partition coefficient (Wildman–Crippen LogP) is 7.16. The van der Waals surface area contributed by atoms with E-state index in [1.54, 1.807) is 36.4 Å². The molecule has 0 unspecified atom stereocenters. The summed E-state index contributed by atoms with van der Waals surface area (Å²) >= 11 is 0. The van der Waals surface area contributed by atoms with E-state index < -0.39 is 46.9 Å². The molecule has 13 heteroatoms. The fraction of sp³-hybridized carbons (Fsp3) is 0.167. The first-order valence-corrected chi connectivity index (χ1v) is 14.3. The van der Waals surface area contributed by atoms with E-state index in [-0.39, 0.29) is 30.5 Å². The van der Waals surface area contributed by atoms with Crippen LogP contribution < -0.4 is 18.9 Å². The van der Waals surface area contributed by atoms with Crippen molar-refractivity contribution in [2.75, 3.05) is 13.6 Å². The monoisotopic (exact) mass is 680 g/mol. The van der Waals surface area contributed by atoms with E-state index in [0.717, 1.165) is 31.2 Å². The molecule has 0 bridgehead atoms. The molecule has 0 fully saturated rings. The summed E-state index contributed by atoms with van der Waals surface area (Å²) in [5, 5.41) is 0. The van der Waals surface area contributed by atoms with Gasteiger partial charge in [0, 0.05) is 28.9 Å². The third-order valence-electron chi connectivity index (χ3n) is 6.19. The number of benzene rings is 3. The molecule has 0 N–H and O–H groups in total. The van der Waals surface area contributed by atoms with Crippen molar-refractivity contribution < 1.29 is 60.8 Å². The normalized spacial score (nSPS) is 11.1. The first-order valence-electron chi connectivity index (χ1n) is 14.3. The molecule has 0 atom stereocenters. The standard InChI is InChI=1S/C36H31F3O10/c1-22(2)34(42)46-20-44-27-12-6-25(7-13-27)10-18-31(40)48-29-16-17-30(33(24(29)5)36(37,38)39)49-32(41)19-11-26-8-14-28(15-9-26)45-21-47-35(43)23(3)4/h6-19H,1,3,20-21H2,2,4-5H3. The Morgan fingerprint density at radius 3 is 1.43 bits per heavy atom. The Morgan fingerprint density at radius 1 is 0.653 bits per heavy atom. The van der Waals surface area contributed by atoms with Gasteiger partial charge in [-0.05, 0) is 80.4 Å². The Balaban J connectivity index is 1.61. The summed E-state index contributed by atoms with van der Waals surface area (Å²) in [5.74, 6) is -3.69. The Labute approximate surface area is 279 Å². The molecule has 0 aliphatic rings. The zero-order valence-electron chi connectivity index (χ0n) is 26.6. The van der Waals surface area contributed by atoms with Crippen molar-refractivity contribution in [2.24, 2.45) is 0 Å². The van der Waals surface area contributed by atoms with Crippen LogP contribution in [0, 0.1) is 6.92 Å². The SMILES string of the molecule is C=C(C)C(=O)OCOc1ccc(C=CC(=O)Oc2ccc(OC(=O)C=Cc3ccc(OCOC(=O)C(=C)C)cc3)c(C(F)(F)F)c2C)cc1. The first kappa shape index (κ1) is 37.3. The lowest BCUT2D eigenvalue weighted by molar-refractivity contribution is -0.146. The maximum atomic E-state index is 14.0. The molecule has 0 radical (unpaired) electrons. The van der Waals surface area contributed by atoms with E-state index in [0.29, 0.717) is 22.6 Å². The molecule has 0 amide bonds. The third-order valence-corrected chi connectivity index (χ3v) is 6.19. The molecule has 49 heavy (non-hydrogen) atoms. The zero-order chi connectivity index (χ0) is 36.1. The molecule has 0 heterocycles. The second kappa shape index (κ2) is 17.2. The van der Waals surface area contributed by atoms with Crippen LogP contribution in [-0.4, -0.2) is 37.5 Å². The van der Waals surface area contributed by atoms with E-state index in [4.69, 9.17) is 28.4 Å². The van der Waals surface area contributed by atoms with Gasteiger partial charge in [0.1, 0.15) is 28.6 Å². The van der Waals surface area contributed by atoms with Gasteiger partial charge in [-0.2, -0.15) is 13.2 Å². The molecule has 256 valence electrons. The molecular weight excluding hydrogens is 649 g/mol. The van der Waals surface area contributed by atoms with Gasteiger partial charge in [0.2, 0.25) is 13.6 Å². The number of ether oxygens (including phenoxy) is 6. The predicted molar refractivity (Wildman–Crippen MR) is 171 cm³/mol. The molecule has 3 aromatic carbocycles. The van der Waals surface area contributed by atoms with E-state index in [1.807, 2.05) is 0 Å². The molecule has 0 saturated heterocycles. The highest BCUT2D eigenvalue weighted by Crippen LogP contribution is 2.42. The van der Waals surface area contributed by atoms with E-state index in [2.05, 4.69) is 13.2 Å². The largest absolute Gasteiger partial charge is 0.457 e. The van der Waals surface area contributed by atoms with Gasteiger partial charge in [0.05, 0.1) is 0 Å². The lowest BCUT2D eigenvalue weighted by Gasteiger charge is -2.17. The molecule has 0 aromatic heterocycles. The number of esters is 4. The molecule has 0 spiro atoms. The van der Waals surface area contributed by atoms with Crippen LogP contribution in [0.5, 0.6) is 23.0 Å². The van der Waals surface area contributed by atoms with Crippen molar-refractivity contribution in [1.29, 1.82) is 0 Å². The number of carbonyl (C=O) groups excluding carboxylic acids is 4. The van der Waals surface area contributed by atoms with Gasteiger partial charge in [-0.3, -0.25) is 0 Å². The van der Waals surface area contributed by atoms with Crippen LogP contribution in [0.2, 0.25) is 0 Å². The minimum atomic E-state index is -4.96. The number of hydrogen-bond acceptors (Lipinski definition) is 10. The van der Waals surface area contributed by atoms with Crippen molar-refractivity contribution in [2.45, 2.75) is 26.9 Å². The minimum Gasteiger partial charge on any atom is -0.457 e. The molecule has 0 aliphatic carbocycles. The van der Waals surface area contributed by atoms with Crippen molar-refractivity contribution in [3.05, 3.63) is 119 Å². The van der Waals surface area contributed by atoms with Gasteiger partial charge in [-0.25, -0.2) is 19.2 Å². The summed E-state index contributed by atoms with van der Waals surface area (Å²) < 4.78 is 72.5. The number of alkyl halides is 3. The van der Waals surface area contributed by atoms with Crippen LogP contribution in [-0.2, 0) is 34.8 Å². The minimum absolute atomic E-state index is 0.215. The molecular formula is C36H31F3O10.